The van der Waals surface area contributed by atoms with Crippen LogP contribution in [-0.4, -0.2) is 11.7 Å². The van der Waals surface area contributed by atoms with Gasteiger partial charge in [0, 0.05) is 5.56 Å². The highest BCUT2D eigenvalue weighted by molar-refractivity contribution is 5.45. The quantitative estimate of drug-likeness (QED) is 0.779. The lowest BCUT2D eigenvalue weighted by Gasteiger charge is -2.09. The predicted molar refractivity (Wildman–Crippen MR) is 48.7 cm³/mol. The standard InChI is InChI=1S/C10H13FO2/c1-2-6-13-10-8(7-11)4-3-5-9(10)12/h3-5,12H,2,6-7H2,1H3. The van der Waals surface area contributed by atoms with E-state index in [0.717, 1.165) is 6.42 Å². The molecule has 0 unspecified atom stereocenters. The number of alkyl halides is 1. The number of hydrogen-bond donors (Lipinski definition) is 1. The number of ether oxygens (including phenoxy) is 1. The Hall–Kier alpha value is -1.25. The average Bonchev–Trinajstić information content (AvgIpc) is 2.15. The summed E-state index contributed by atoms with van der Waals surface area (Å²) in [7, 11) is 0. The van der Waals surface area contributed by atoms with Crippen LogP contribution >= 0.6 is 0 Å². The smallest absolute Gasteiger partial charge is 0.166 e. The summed E-state index contributed by atoms with van der Waals surface area (Å²) < 4.78 is 17.6. The molecule has 1 aromatic carbocycles. The highest BCUT2D eigenvalue weighted by Gasteiger charge is 2.07. The summed E-state index contributed by atoms with van der Waals surface area (Å²) >= 11 is 0. The molecule has 0 radical (unpaired) electrons. The minimum atomic E-state index is -0.618. The molecule has 0 saturated heterocycles. The fourth-order valence-electron chi connectivity index (χ4n) is 1.05. The molecule has 0 amide bonds. The summed E-state index contributed by atoms with van der Waals surface area (Å²) in [6, 6.07) is 4.69. The van der Waals surface area contributed by atoms with E-state index in [1.54, 1.807) is 12.1 Å². The summed E-state index contributed by atoms with van der Waals surface area (Å²) in [5, 5.41) is 9.36. The van der Waals surface area contributed by atoms with Gasteiger partial charge in [0.25, 0.3) is 0 Å². The van der Waals surface area contributed by atoms with Gasteiger partial charge in [-0.15, -0.1) is 0 Å². The topological polar surface area (TPSA) is 29.5 Å². The minimum Gasteiger partial charge on any atom is -0.504 e. The Morgan fingerprint density at radius 1 is 1.46 bits per heavy atom. The van der Waals surface area contributed by atoms with Crippen molar-refractivity contribution in [2.45, 2.75) is 20.0 Å². The van der Waals surface area contributed by atoms with Crippen molar-refractivity contribution in [1.29, 1.82) is 0 Å². The molecule has 2 nitrogen and oxygen atoms in total. The van der Waals surface area contributed by atoms with Crippen LogP contribution in [-0.2, 0) is 6.67 Å². The number of benzene rings is 1. The van der Waals surface area contributed by atoms with E-state index >= 15 is 0 Å². The molecule has 0 saturated carbocycles. The number of phenols is 1. The lowest BCUT2D eigenvalue weighted by atomic mass is 10.2. The molecular weight excluding hydrogens is 171 g/mol. The van der Waals surface area contributed by atoms with Gasteiger partial charge in [-0.1, -0.05) is 19.1 Å². The first-order chi connectivity index (χ1) is 6.29. The highest BCUT2D eigenvalue weighted by atomic mass is 19.1. The first kappa shape index (κ1) is 9.84. The largest absolute Gasteiger partial charge is 0.504 e. The summed E-state index contributed by atoms with van der Waals surface area (Å²) in [4.78, 5) is 0. The van der Waals surface area contributed by atoms with Crippen LogP contribution < -0.4 is 4.74 Å². The average molecular weight is 184 g/mol. The highest BCUT2D eigenvalue weighted by Crippen LogP contribution is 2.30. The zero-order valence-corrected chi connectivity index (χ0v) is 7.59. The lowest BCUT2D eigenvalue weighted by molar-refractivity contribution is 0.291. The van der Waals surface area contributed by atoms with Crippen LogP contribution in [0.25, 0.3) is 0 Å². The molecule has 13 heavy (non-hydrogen) atoms. The third kappa shape index (κ3) is 2.34. The Balaban J connectivity index is 2.87. The van der Waals surface area contributed by atoms with Gasteiger partial charge in [-0.2, -0.15) is 0 Å². The summed E-state index contributed by atoms with van der Waals surface area (Å²) in [5.41, 5.74) is 0.397. The molecule has 1 rings (SSSR count). The van der Waals surface area contributed by atoms with E-state index in [4.69, 9.17) is 4.74 Å². The van der Waals surface area contributed by atoms with Gasteiger partial charge in [0.1, 0.15) is 6.67 Å². The Labute approximate surface area is 77.0 Å². The fourth-order valence-corrected chi connectivity index (χ4v) is 1.05. The van der Waals surface area contributed by atoms with Crippen LogP contribution in [0.4, 0.5) is 4.39 Å². The molecule has 0 fully saturated rings. The Bertz CT molecular complexity index is 274. The number of phenolic OH excluding ortho intramolecular Hbond substituents is 1. The van der Waals surface area contributed by atoms with Crippen molar-refractivity contribution in [3.05, 3.63) is 23.8 Å². The molecule has 0 spiro atoms. The maximum absolute atomic E-state index is 12.4. The van der Waals surface area contributed by atoms with Crippen LogP contribution in [0.15, 0.2) is 18.2 Å². The first-order valence-electron chi connectivity index (χ1n) is 4.29. The molecule has 72 valence electrons. The van der Waals surface area contributed by atoms with E-state index in [1.165, 1.54) is 6.07 Å². The first-order valence-corrected chi connectivity index (χ1v) is 4.29. The van der Waals surface area contributed by atoms with Gasteiger partial charge in [0.05, 0.1) is 6.61 Å². The number of para-hydroxylation sites is 1. The zero-order chi connectivity index (χ0) is 9.68. The number of aromatic hydroxyl groups is 1. The third-order valence-electron chi connectivity index (χ3n) is 1.67. The van der Waals surface area contributed by atoms with Crippen molar-refractivity contribution in [2.24, 2.45) is 0 Å². The minimum absolute atomic E-state index is 0.00333. The monoisotopic (exact) mass is 184 g/mol. The van der Waals surface area contributed by atoms with E-state index in [2.05, 4.69) is 0 Å². The van der Waals surface area contributed by atoms with Gasteiger partial charge in [0.2, 0.25) is 0 Å². The van der Waals surface area contributed by atoms with E-state index in [9.17, 15) is 9.50 Å². The van der Waals surface area contributed by atoms with Crippen LogP contribution in [0.5, 0.6) is 11.5 Å². The summed E-state index contributed by atoms with van der Waals surface area (Å²) in [5.74, 6) is 0.274. The normalized spacial score (nSPS) is 10.0. The van der Waals surface area contributed by atoms with Crippen molar-refractivity contribution >= 4 is 0 Å². The van der Waals surface area contributed by atoms with E-state index in [1.807, 2.05) is 6.92 Å². The second-order valence-corrected chi connectivity index (χ2v) is 2.75. The molecular formula is C10H13FO2. The number of rotatable bonds is 4. The zero-order valence-electron chi connectivity index (χ0n) is 7.59. The van der Waals surface area contributed by atoms with Gasteiger partial charge in [0.15, 0.2) is 11.5 Å². The number of halogens is 1. The SMILES string of the molecule is CCCOc1c(O)cccc1CF. The predicted octanol–water partition coefficient (Wildman–Crippen LogP) is 2.65. The van der Waals surface area contributed by atoms with E-state index in [-0.39, 0.29) is 11.5 Å². The van der Waals surface area contributed by atoms with Crippen LogP contribution in [0.2, 0.25) is 0 Å². The van der Waals surface area contributed by atoms with Crippen LogP contribution in [0.3, 0.4) is 0 Å². The summed E-state index contributed by atoms with van der Waals surface area (Å²) in [6.07, 6.45) is 0.833. The molecule has 0 aliphatic heterocycles. The Morgan fingerprint density at radius 2 is 2.23 bits per heavy atom. The molecule has 0 bridgehead atoms. The van der Waals surface area contributed by atoms with Crippen molar-refractivity contribution in [3.8, 4) is 11.5 Å². The second kappa shape index (κ2) is 4.70. The maximum Gasteiger partial charge on any atom is 0.166 e. The molecule has 0 atom stereocenters. The van der Waals surface area contributed by atoms with Crippen LogP contribution in [0, 0.1) is 0 Å². The van der Waals surface area contributed by atoms with Gasteiger partial charge >= 0.3 is 0 Å². The molecule has 0 aliphatic carbocycles. The fraction of sp³-hybridized carbons (Fsp3) is 0.400. The van der Waals surface area contributed by atoms with Gasteiger partial charge in [-0.25, -0.2) is 4.39 Å². The van der Waals surface area contributed by atoms with E-state index in [0.29, 0.717) is 12.2 Å². The second-order valence-electron chi connectivity index (χ2n) is 2.75. The Kier molecular flexibility index (Phi) is 3.55. The number of hydrogen-bond acceptors (Lipinski definition) is 2. The van der Waals surface area contributed by atoms with Crippen molar-refractivity contribution in [1.82, 2.24) is 0 Å². The van der Waals surface area contributed by atoms with Gasteiger partial charge in [-0.05, 0) is 12.5 Å². The third-order valence-corrected chi connectivity index (χ3v) is 1.67. The van der Waals surface area contributed by atoms with Gasteiger partial charge < -0.3 is 9.84 Å². The van der Waals surface area contributed by atoms with Crippen molar-refractivity contribution in [2.75, 3.05) is 6.61 Å². The van der Waals surface area contributed by atoms with Crippen molar-refractivity contribution in [3.63, 3.8) is 0 Å². The molecule has 3 heteroatoms. The Morgan fingerprint density at radius 3 is 2.85 bits per heavy atom. The van der Waals surface area contributed by atoms with Crippen LogP contribution in [0.1, 0.15) is 18.9 Å². The molecule has 0 aromatic heterocycles. The molecule has 1 N–H and O–H groups in total. The molecule has 0 aliphatic rings. The lowest BCUT2D eigenvalue weighted by Crippen LogP contribution is -1.98. The molecule has 0 heterocycles. The maximum atomic E-state index is 12.4. The van der Waals surface area contributed by atoms with E-state index < -0.39 is 6.67 Å². The molecule has 1 aromatic rings. The summed E-state index contributed by atoms with van der Waals surface area (Å²) in [6.45, 7) is 1.83. The van der Waals surface area contributed by atoms with Crippen molar-refractivity contribution < 1.29 is 14.2 Å². The van der Waals surface area contributed by atoms with Gasteiger partial charge in [-0.3, -0.25) is 0 Å².